The molecule has 0 aliphatic heterocycles. The molecule has 0 unspecified atom stereocenters. The Morgan fingerprint density at radius 2 is 2.00 bits per heavy atom. The molecular formula is C15H19N3. The summed E-state index contributed by atoms with van der Waals surface area (Å²) in [4.78, 5) is 6.29. The quantitative estimate of drug-likeness (QED) is 0.891. The molecule has 1 aromatic carbocycles. The van der Waals surface area contributed by atoms with Gasteiger partial charge in [-0.1, -0.05) is 12.1 Å². The lowest BCUT2D eigenvalue weighted by molar-refractivity contribution is 1.09. The first-order valence-electron chi connectivity index (χ1n) is 6.07. The molecule has 1 N–H and O–H groups in total. The van der Waals surface area contributed by atoms with Gasteiger partial charge in [0.1, 0.15) is 0 Å². The maximum atomic E-state index is 4.19. The summed E-state index contributed by atoms with van der Waals surface area (Å²) in [7, 11) is 4.09. The van der Waals surface area contributed by atoms with Gasteiger partial charge in [-0.25, -0.2) is 0 Å². The van der Waals surface area contributed by atoms with Crippen LogP contribution in [0, 0.1) is 6.92 Å². The monoisotopic (exact) mass is 241 g/mol. The normalized spacial score (nSPS) is 10.2. The topological polar surface area (TPSA) is 28.2 Å². The Morgan fingerprint density at radius 3 is 2.72 bits per heavy atom. The Labute approximate surface area is 108 Å². The zero-order valence-corrected chi connectivity index (χ0v) is 11.1. The Morgan fingerprint density at radius 1 is 1.17 bits per heavy atom. The molecular weight excluding hydrogens is 222 g/mol. The third-order valence-electron chi connectivity index (χ3n) is 2.79. The van der Waals surface area contributed by atoms with Gasteiger partial charge < -0.3 is 10.2 Å². The molecule has 0 amide bonds. The first kappa shape index (κ1) is 12.4. The Balaban J connectivity index is 2.04. The second-order valence-corrected chi connectivity index (χ2v) is 4.67. The van der Waals surface area contributed by atoms with Crippen LogP contribution in [0.25, 0.3) is 0 Å². The van der Waals surface area contributed by atoms with Gasteiger partial charge in [-0.15, -0.1) is 0 Å². The van der Waals surface area contributed by atoms with Gasteiger partial charge in [0.25, 0.3) is 0 Å². The van der Waals surface area contributed by atoms with E-state index in [9.17, 15) is 0 Å². The van der Waals surface area contributed by atoms with E-state index in [-0.39, 0.29) is 0 Å². The minimum Gasteiger partial charge on any atom is -0.381 e. The van der Waals surface area contributed by atoms with Gasteiger partial charge in [-0.2, -0.15) is 0 Å². The first-order chi connectivity index (χ1) is 8.65. The Bertz CT molecular complexity index is 521. The van der Waals surface area contributed by atoms with E-state index < -0.39 is 0 Å². The second-order valence-electron chi connectivity index (χ2n) is 4.67. The van der Waals surface area contributed by atoms with E-state index in [4.69, 9.17) is 0 Å². The molecule has 0 radical (unpaired) electrons. The molecule has 3 heteroatoms. The van der Waals surface area contributed by atoms with E-state index in [1.54, 1.807) is 0 Å². The molecule has 1 heterocycles. The number of nitrogens with zero attached hydrogens (tertiary/aromatic N) is 2. The second kappa shape index (κ2) is 5.54. The van der Waals surface area contributed by atoms with Crippen LogP contribution in [0.2, 0.25) is 0 Å². The average molecular weight is 241 g/mol. The summed E-state index contributed by atoms with van der Waals surface area (Å²) in [6.07, 6.45) is 3.77. The van der Waals surface area contributed by atoms with Crippen molar-refractivity contribution in [2.75, 3.05) is 24.3 Å². The maximum absolute atomic E-state index is 4.19. The number of aryl methyl sites for hydroxylation is 1. The summed E-state index contributed by atoms with van der Waals surface area (Å²) < 4.78 is 0. The van der Waals surface area contributed by atoms with E-state index in [2.05, 4.69) is 52.5 Å². The van der Waals surface area contributed by atoms with Crippen molar-refractivity contribution in [3.8, 4) is 0 Å². The summed E-state index contributed by atoms with van der Waals surface area (Å²) in [6.45, 7) is 2.86. The van der Waals surface area contributed by atoms with Gasteiger partial charge >= 0.3 is 0 Å². The zero-order valence-electron chi connectivity index (χ0n) is 11.1. The van der Waals surface area contributed by atoms with Crippen LogP contribution in [0.5, 0.6) is 0 Å². The highest BCUT2D eigenvalue weighted by atomic mass is 15.1. The van der Waals surface area contributed by atoms with Crippen molar-refractivity contribution in [3.63, 3.8) is 0 Å². The van der Waals surface area contributed by atoms with Crippen LogP contribution in [0.4, 0.5) is 11.4 Å². The summed E-state index contributed by atoms with van der Waals surface area (Å²) in [5.41, 5.74) is 4.71. The molecule has 1 aromatic heterocycles. The summed E-state index contributed by atoms with van der Waals surface area (Å²) in [5, 5.41) is 3.42. The minimum absolute atomic E-state index is 0.797. The number of hydrogen-bond donors (Lipinski definition) is 1. The Kier molecular flexibility index (Phi) is 3.82. The van der Waals surface area contributed by atoms with Crippen molar-refractivity contribution < 1.29 is 0 Å². The van der Waals surface area contributed by atoms with E-state index in [0.717, 1.165) is 12.2 Å². The first-order valence-corrected chi connectivity index (χ1v) is 6.07. The van der Waals surface area contributed by atoms with Crippen LogP contribution in [-0.4, -0.2) is 19.1 Å². The maximum Gasteiger partial charge on any atom is 0.0416 e. The van der Waals surface area contributed by atoms with Crippen molar-refractivity contribution in [2.24, 2.45) is 0 Å². The predicted octanol–water partition coefficient (Wildman–Crippen LogP) is 3.07. The minimum atomic E-state index is 0.797. The van der Waals surface area contributed by atoms with Crippen molar-refractivity contribution in [3.05, 3.63) is 53.9 Å². The van der Waals surface area contributed by atoms with E-state index in [0.29, 0.717) is 0 Å². The SMILES string of the molecule is Cc1cncc(CNc2cccc(N(C)C)c2)c1. The van der Waals surface area contributed by atoms with E-state index >= 15 is 0 Å². The molecule has 0 aliphatic rings. The molecule has 0 spiro atoms. The van der Waals surface area contributed by atoms with Crippen LogP contribution in [0.3, 0.4) is 0 Å². The number of rotatable bonds is 4. The molecule has 2 aromatic rings. The average Bonchev–Trinajstić information content (AvgIpc) is 2.37. The molecule has 0 saturated carbocycles. The number of anilines is 2. The van der Waals surface area contributed by atoms with E-state index in [1.165, 1.54) is 16.8 Å². The predicted molar refractivity (Wildman–Crippen MR) is 77.1 cm³/mol. The lowest BCUT2D eigenvalue weighted by Crippen LogP contribution is -2.09. The smallest absolute Gasteiger partial charge is 0.0416 e. The van der Waals surface area contributed by atoms with Gasteiger partial charge in [0.2, 0.25) is 0 Å². The molecule has 0 atom stereocenters. The van der Waals surface area contributed by atoms with Crippen LogP contribution in [0.15, 0.2) is 42.7 Å². The summed E-state index contributed by atoms with van der Waals surface area (Å²) >= 11 is 0. The van der Waals surface area contributed by atoms with Crippen LogP contribution < -0.4 is 10.2 Å². The van der Waals surface area contributed by atoms with Gasteiger partial charge in [-0.05, 0) is 36.2 Å². The highest BCUT2D eigenvalue weighted by Crippen LogP contribution is 2.17. The molecule has 0 aliphatic carbocycles. The molecule has 18 heavy (non-hydrogen) atoms. The van der Waals surface area contributed by atoms with Crippen molar-refractivity contribution in [2.45, 2.75) is 13.5 Å². The van der Waals surface area contributed by atoms with Crippen LogP contribution >= 0.6 is 0 Å². The standard InChI is InChI=1S/C15H19N3/c1-12-7-13(10-16-9-12)11-17-14-5-4-6-15(8-14)18(2)3/h4-10,17H,11H2,1-3H3. The van der Waals surface area contributed by atoms with Gasteiger partial charge in [0.15, 0.2) is 0 Å². The highest BCUT2D eigenvalue weighted by Gasteiger charge is 1.98. The molecule has 94 valence electrons. The van der Waals surface area contributed by atoms with E-state index in [1.807, 2.05) is 26.5 Å². The molecule has 2 rings (SSSR count). The largest absolute Gasteiger partial charge is 0.381 e. The molecule has 0 fully saturated rings. The summed E-state index contributed by atoms with van der Waals surface area (Å²) in [6, 6.07) is 10.5. The summed E-state index contributed by atoms with van der Waals surface area (Å²) in [5.74, 6) is 0. The molecule has 0 bridgehead atoms. The third kappa shape index (κ3) is 3.23. The number of hydrogen-bond acceptors (Lipinski definition) is 3. The lowest BCUT2D eigenvalue weighted by atomic mass is 10.2. The van der Waals surface area contributed by atoms with Gasteiger partial charge in [-0.3, -0.25) is 4.98 Å². The lowest BCUT2D eigenvalue weighted by Gasteiger charge is -2.14. The Hall–Kier alpha value is -2.03. The van der Waals surface area contributed by atoms with Crippen molar-refractivity contribution >= 4 is 11.4 Å². The molecule has 0 saturated heterocycles. The van der Waals surface area contributed by atoms with Gasteiger partial charge in [0, 0.05) is 44.4 Å². The van der Waals surface area contributed by atoms with Crippen molar-refractivity contribution in [1.82, 2.24) is 4.98 Å². The third-order valence-corrected chi connectivity index (χ3v) is 2.79. The van der Waals surface area contributed by atoms with Crippen LogP contribution in [0.1, 0.15) is 11.1 Å². The fourth-order valence-corrected chi connectivity index (χ4v) is 1.81. The zero-order chi connectivity index (χ0) is 13.0. The van der Waals surface area contributed by atoms with Gasteiger partial charge in [0.05, 0.1) is 0 Å². The number of benzene rings is 1. The van der Waals surface area contributed by atoms with Crippen molar-refractivity contribution in [1.29, 1.82) is 0 Å². The number of nitrogens with one attached hydrogen (secondary N) is 1. The number of aromatic nitrogens is 1. The fourth-order valence-electron chi connectivity index (χ4n) is 1.81. The van der Waals surface area contributed by atoms with Crippen LogP contribution in [-0.2, 0) is 6.54 Å². The molecule has 3 nitrogen and oxygen atoms in total. The highest BCUT2D eigenvalue weighted by molar-refractivity contribution is 5.57. The fraction of sp³-hybridized carbons (Fsp3) is 0.267. The number of pyridine rings is 1.